The maximum Gasteiger partial charge on any atom is 0.295 e. The van der Waals surface area contributed by atoms with Crippen molar-refractivity contribution in [3.63, 3.8) is 0 Å². The molecule has 7 heteroatoms. The molecule has 0 radical (unpaired) electrons. The number of aromatic amines is 1. The molecule has 6 nitrogen and oxygen atoms in total. The van der Waals surface area contributed by atoms with E-state index in [1.54, 1.807) is 11.9 Å². The van der Waals surface area contributed by atoms with Gasteiger partial charge >= 0.3 is 0 Å². The molecule has 0 saturated carbocycles. The largest absolute Gasteiger partial charge is 0.488 e. The summed E-state index contributed by atoms with van der Waals surface area (Å²) in [5, 5.41) is 0. The van der Waals surface area contributed by atoms with Crippen molar-refractivity contribution in [3.8, 4) is 5.75 Å². The number of para-hydroxylation sites is 1. The molecule has 1 heterocycles. The van der Waals surface area contributed by atoms with Crippen molar-refractivity contribution in [2.75, 3.05) is 19.1 Å². The minimum Gasteiger partial charge on any atom is -0.488 e. The molecular weight excluding hydrogens is 276 g/mol. The fourth-order valence-corrected chi connectivity index (χ4v) is 2.06. The normalized spacial score (nSPS) is 10.1. The van der Waals surface area contributed by atoms with Gasteiger partial charge in [-0.25, -0.2) is 4.98 Å². The number of nitrogens with zero attached hydrogens (tertiary/aromatic N) is 2. The molecule has 0 atom stereocenters. The second-order valence-corrected chi connectivity index (χ2v) is 4.47. The molecule has 0 amide bonds. The number of aromatic nitrogens is 2. The Morgan fingerprint density at radius 1 is 1.45 bits per heavy atom. The Morgan fingerprint density at radius 3 is 2.80 bits per heavy atom. The third kappa shape index (κ3) is 2.48. The molecule has 2 aromatic rings. The minimum absolute atomic E-state index is 0.132. The van der Waals surface area contributed by atoms with Crippen molar-refractivity contribution >= 4 is 28.7 Å². The topological polar surface area (TPSA) is 84.2 Å². The van der Waals surface area contributed by atoms with Gasteiger partial charge in [0.05, 0.1) is 19.1 Å². The molecule has 1 aromatic carbocycles. The van der Waals surface area contributed by atoms with E-state index < -0.39 is 0 Å². The minimum atomic E-state index is -0.350. The van der Waals surface area contributed by atoms with Crippen LogP contribution in [0.15, 0.2) is 35.4 Å². The van der Waals surface area contributed by atoms with Gasteiger partial charge in [-0.3, -0.25) is 4.79 Å². The van der Waals surface area contributed by atoms with E-state index in [0.717, 1.165) is 5.69 Å². The number of rotatable bonds is 4. The maximum absolute atomic E-state index is 11.7. The van der Waals surface area contributed by atoms with Gasteiger partial charge in [0.25, 0.3) is 5.56 Å². The van der Waals surface area contributed by atoms with Crippen LogP contribution in [0.2, 0.25) is 0 Å². The van der Waals surface area contributed by atoms with Gasteiger partial charge in [0.15, 0.2) is 5.82 Å². The van der Waals surface area contributed by atoms with Crippen molar-refractivity contribution in [1.82, 2.24) is 9.97 Å². The summed E-state index contributed by atoms with van der Waals surface area (Å²) in [6.45, 7) is 0. The Kier molecular flexibility index (Phi) is 3.99. The van der Waals surface area contributed by atoms with Crippen molar-refractivity contribution < 1.29 is 4.74 Å². The van der Waals surface area contributed by atoms with Crippen molar-refractivity contribution in [2.24, 2.45) is 5.73 Å². The highest BCUT2D eigenvalue weighted by Crippen LogP contribution is 2.29. The second kappa shape index (κ2) is 5.70. The molecule has 0 spiro atoms. The van der Waals surface area contributed by atoms with E-state index in [1.165, 1.54) is 13.4 Å². The van der Waals surface area contributed by atoms with Gasteiger partial charge in [-0.15, -0.1) is 0 Å². The summed E-state index contributed by atoms with van der Waals surface area (Å²) in [6, 6.07) is 7.35. The lowest BCUT2D eigenvalue weighted by Gasteiger charge is -2.22. The number of hydrogen-bond donors (Lipinski definition) is 2. The van der Waals surface area contributed by atoms with Crippen LogP contribution in [0, 0.1) is 0 Å². The predicted molar refractivity (Wildman–Crippen MR) is 81.8 cm³/mol. The average Bonchev–Trinajstić information content (AvgIpc) is 2.46. The van der Waals surface area contributed by atoms with Crippen LogP contribution in [-0.2, 0) is 0 Å². The molecule has 0 unspecified atom stereocenters. The predicted octanol–water partition coefficient (Wildman–Crippen LogP) is 1.18. The smallest absolute Gasteiger partial charge is 0.295 e. The van der Waals surface area contributed by atoms with Crippen LogP contribution in [0.1, 0.15) is 5.56 Å². The number of nitrogens with two attached hydrogens (primary N) is 1. The molecule has 20 heavy (non-hydrogen) atoms. The molecule has 0 aliphatic carbocycles. The van der Waals surface area contributed by atoms with Crippen LogP contribution >= 0.6 is 12.2 Å². The highest BCUT2D eigenvalue weighted by atomic mass is 32.1. The van der Waals surface area contributed by atoms with Crippen molar-refractivity contribution in [3.05, 3.63) is 46.5 Å². The van der Waals surface area contributed by atoms with E-state index in [1.807, 2.05) is 24.3 Å². The van der Waals surface area contributed by atoms with Gasteiger partial charge in [0, 0.05) is 12.6 Å². The molecule has 3 N–H and O–H groups in total. The molecule has 0 saturated heterocycles. The lowest BCUT2D eigenvalue weighted by molar-refractivity contribution is 0.407. The van der Waals surface area contributed by atoms with Gasteiger partial charge in [0.1, 0.15) is 4.99 Å². The number of hydrogen-bond acceptors (Lipinski definition) is 5. The number of nitrogens with one attached hydrogen (secondary N) is 1. The molecule has 0 aliphatic rings. The zero-order valence-corrected chi connectivity index (χ0v) is 11.9. The van der Waals surface area contributed by atoms with E-state index in [0.29, 0.717) is 11.4 Å². The van der Waals surface area contributed by atoms with Crippen LogP contribution in [-0.4, -0.2) is 29.1 Å². The van der Waals surface area contributed by atoms with Crippen LogP contribution in [0.25, 0.3) is 0 Å². The fourth-order valence-electron chi connectivity index (χ4n) is 1.89. The number of ether oxygens (including phenoxy) is 1. The first-order valence-corrected chi connectivity index (χ1v) is 6.21. The summed E-state index contributed by atoms with van der Waals surface area (Å²) in [7, 11) is 3.18. The standard InChI is InChI=1S/C13H14N4O2S/c1-17(9-6-4-3-5-8(9)11(14)20)12-10(19-2)13(18)16-7-15-12/h3-7H,1-2H3,(H2,14,20)(H,15,16,18). The SMILES string of the molecule is COc1c(N(C)c2ccccc2C(N)=S)nc[nH]c1=O. The molecular formula is C13H14N4O2S. The van der Waals surface area contributed by atoms with E-state index in [-0.39, 0.29) is 16.3 Å². The number of thiocarbonyl (C=S) groups is 1. The van der Waals surface area contributed by atoms with Crippen LogP contribution in [0.3, 0.4) is 0 Å². The lowest BCUT2D eigenvalue weighted by Crippen LogP contribution is -2.21. The van der Waals surface area contributed by atoms with Gasteiger partial charge in [-0.1, -0.05) is 24.4 Å². The third-order valence-corrected chi connectivity index (χ3v) is 3.06. The van der Waals surface area contributed by atoms with E-state index >= 15 is 0 Å². The molecule has 0 aliphatic heterocycles. The third-order valence-electron chi connectivity index (χ3n) is 2.84. The summed E-state index contributed by atoms with van der Waals surface area (Å²) in [5.41, 5.74) is 6.82. The first-order valence-electron chi connectivity index (χ1n) is 5.80. The van der Waals surface area contributed by atoms with Crippen molar-refractivity contribution in [1.29, 1.82) is 0 Å². The van der Waals surface area contributed by atoms with E-state index in [9.17, 15) is 4.79 Å². The Bertz CT molecular complexity index is 699. The second-order valence-electron chi connectivity index (χ2n) is 4.03. The molecule has 1 aromatic heterocycles. The molecule has 0 fully saturated rings. The molecule has 2 rings (SSSR count). The average molecular weight is 290 g/mol. The number of methoxy groups -OCH3 is 1. The fraction of sp³-hybridized carbons (Fsp3) is 0.154. The van der Waals surface area contributed by atoms with Crippen LogP contribution in [0.4, 0.5) is 11.5 Å². The monoisotopic (exact) mass is 290 g/mol. The number of anilines is 2. The highest BCUT2D eigenvalue weighted by Gasteiger charge is 2.17. The lowest BCUT2D eigenvalue weighted by atomic mass is 10.1. The van der Waals surface area contributed by atoms with Crippen LogP contribution < -0.4 is 20.9 Å². The summed E-state index contributed by atoms with van der Waals surface area (Å²) in [5.74, 6) is 0.521. The van der Waals surface area contributed by atoms with E-state index in [4.69, 9.17) is 22.7 Å². The first kappa shape index (κ1) is 14.0. The molecule has 104 valence electrons. The first-order chi connectivity index (χ1) is 9.56. The Morgan fingerprint density at radius 2 is 2.15 bits per heavy atom. The van der Waals surface area contributed by atoms with Gasteiger partial charge in [-0.2, -0.15) is 0 Å². The van der Waals surface area contributed by atoms with Crippen LogP contribution in [0.5, 0.6) is 5.75 Å². The van der Waals surface area contributed by atoms with Gasteiger partial charge in [-0.05, 0) is 12.1 Å². The quantitative estimate of drug-likeness (QED) is 0.823. The van der Waals surface area contributed by atoms with Gasteiger partial charge < -0.3 is 20.4 Å². The Hall–Kier alpha value is -2.41. The molecule has 0 bridgehead atoms. The maximum atomic E-state index is 11.7. The Balaban J connectivity index is 2.58. The zero-order valence-electron chi connectivity index (χ0n) is 11.1. The van der Waals surface area contributed by atoms with Crippen molar-refractivity contribution in [2.45, 2.75) is 0 Å². The number of H-pyrrole nitrogens is 1. The van der Waals surface area contributed by atoms with E-state index in [2.05, 4.69) is 9.97 Å². The summed E-state index contributed by atoms with van der Waals surface area (Å²) in [4.78, 5) is 20.3. The number of benzene rings is 1. The summed E-state index contributed by atoms with van der Waals surface area (Å²) in [6.07, 6.45) is 1.32. The summed E-state index contributed by atoms with van der Waals surface area (Å²) >= 11 is 5.04. The summed E-state index contributed by atoms with van der Waals surface area (Å²) < 4.78 is 5.11. The highest BCUT2D eigenvalue weighted by molar-refractivity contribution is 7.80. The Labute approximate surface area is 121 Å². The van der Waals surface area contributed by atoms with Gasteiger partial charge in [0.2, 0.25) is 5.75 Å². The zero-order chi connectivity index (χ0) is 14.7.